The number of nitrogens with one attached hydrogen (secondary N) is 2. The number of hydrazone groups is 1. The third kappa shape index (κ3) is 5.24. The lowest BCUT2D eigenvalue weighted by Gasteiger charge is -2.21. The van der Waals surface area contributed by atoms with Gasteiger partial charge in [0, 0.05) is 36.1 Å². The van der Waals surface area contributed by atoms with Gasteiger partial charge in [-0.05, 0) is 44.5 Å². The number of carbonyl (C=O) groups is 1. The zero-order chi connectivity index (χ0) is 18.9. The molecule has 0 radical (unpaired) electrons. The Labute approximate surface area is 154 Å². The molecular weight excluding hydrogens is 328 g/mol. The maximum Gasteiger partial charge on any atom is 0.259 e. The maximum atomic E-state index is 11.9. The number of carbonyl (C=O) groups excluding carboxylic acids is 1. The standard InChI is InChI=1S/C20H26N4O2/c1-4-24(5-2)17-11-10-16(19(25)12-17)13-22-23-20(26)14-21-18-9-7-6-8-15(18)3/h6-13,21,25H,4-5,14H2,1-3H3,(H,23,26)/b22-13+. The van der Waals surface area contributed by atoms with Crippen molar-refractivity contribution in [2.75, 3.05) is 29.9 Å². The number of phenolic OH excluding ortho intramolecular Hbond substituents is 1. The molecule has 1 amide bonds. The van der Waals surface area contributed by atoms with Crippen LogP contribution in [0.25, 0.3) is 0 Å². The Morgan fingerprint density at radius 1 is 1.19 bits per heavy atom. The fraction of sp³-hybridized carbons (Fsp3) is 0.300. The van der Waals surface area contributed by atoms with Gasteiger partial charge in [0.25, 0.3) is 5.91 Å². The molecule has 3 N–H and O–H groups in total. The molecule has 2 aromatic rings. The first kappa shape index (κ1) is 19.3. The van der Waals surface area contributed by atoms with Gasteiger partial charge in [0.1, 0.15) is 5.75 Å². The smallest absolute Gasteiger partial charge is 0.259 e. The van der Waals surface area contributed by atoms with Crippen molar-refractivity contribution in [2.24, 2.45) is 5.10 Å². The molecule has 0 bridgehead atoms. The van der Waals surface area contributed by atoms with E-state index in [0.717, 1.165) is 30.0 Å². The van der Waals surface area contributed by atoms with Gasteiger partial charge in [0.15, 0.2) is 0 Å². The van der Waals surface area contributed by atoms with E-state index >= 15 is 0 Å². The molecule has 6 nitrogen and oxygen atoms in total. The molecule has 0 aromatic heterocycles. The van der Waals surface area contributed by atoms with Gasteiger partial charge in [-0.25, -0.2) is 5.43 Å². The SMILES string of the molecule is CCN(CC)c1ccc(/C=N/NC(=O)CNc2ccccc2C)c(O)c1. The lowest BCUT2D eigenvalue weighted by atomic mass is 10.2. The molecule has 2 rings (SSSR count). The second-order valence-corrected chi connectivity index (χ2v) is 5.88. The highest BCUT2D eigenvalue weighted by Gasteiger charge is 2.06. The number of benzene rings is 2. The second-order valence-electron chi connectivity index (χ2n) is 5.88. The number of amides is 1. The highest BCUT2D eigenvalue weighted by Crippen LogP contribution is 2.23. The zero-order valence-electron chi connectivity index (χ0n) is 15.5. The van der Waals surface area contributed by atoms with Crippen LogP contribution in [0.3, 0.4) is 0 Å². The molecular formula is C20H26N4O2. The molecule has 26 heavy (non-hydrogen) atoms. The number of phenols is 1. The van der Waals surface area contributed by atoms with Crippen molar-refractivity contribution in [3.05, 3.63) is 53.6 Å². The summed E-state index contributed by atoms with van der Waals surface area (Å²) < 4.78 is 0. The van der Waals surface area contributed by atoms with Crippen LogP contribution in [-0.4, -0.2) is 36.9 Å². The Kier molecular flexibility index (Phi) is 7.02. The van der Waals surface area contributed by atoms with Crippen molar-refractivity contribution in [3.63, 3.8) is 0 Å². The molecule has 0 saturated carbocycles. The molecule has 0 atom stereocenters. The number of hydrogen-bond donors (Lipinski definition) is 3. The summed E-state index contributed by atoms with van der Waals surface area (Å²) >= 11 is 0. The molecule has 0 heterocycles. The first-order valence-electron chi connectivity index (χ1n) is 8.74. The van der Waals surface area contributed by atoms with Crippen LogP contribution in [-0.2, 0) is 4.79 Å². The first-order valence-corrected chi connectivity index (χ1v) is 8.74. The molecule has 0 aliphatic rings. The summed E-state index contributed by atoms with van der Waals surface area (Å²) in [7, 11) is 0. The highest BCUT2D eigenvalue weighted by molar-refractivity contribution is 5.87. The van der Waals surface area contributed by atoms with E-state index in [-0.39, 0.29) is 18.2 Å². The Morgan fingerprint density at radius 3 is 2.58 bits per heavy atom. The van der Waals surface area contributed by atoms with Gasteiger partial charge in [-0.1, -0.05) is 18.2 Å². The molecule has 0 saturated heterocycles. The number of aromatic hydroxyl groups is 1. The van der Waals surface area contributed by atoms with Crippen LogP contribution >= 0.6 is 0 Å². The topological polar surface area (TPSA) is 77.0 Å². The second kappa shape index (κ2) is 9.46. The minimum absolute atomic E-state index is 0.120. The van der Waals surface area contributed by atoms with Gasteiger partial charge >= 0.3 is 0 Å². The summed E-state index contributed by atoms with van der Waals surface area (Å²) in [6.07, 6.45) is 1.44. The lowest BCUT2D eigenvalue weighted by molar-refractivity contribution is -0.119. The van der Waals surface area contributed by atoms with Crippen LogP contribution in [0.5, 0.6) is 5.75 Å². The van der Waals surface area contributed by atoms with Crippen LogP contribution < -0.4 is 15.6 Å². The van der Waals surface area contributed by atoms with Gasteiger partial charge in [-0.2, -0.15) is 5.10 Å². The Balaban J connectivity index is 1.89. The van der Waals surface area contributed by atoms with Crippen molar-refractivity contribution < 1.29 is 9.90 Å². The summed E-state index contributed by atoms with van der Waals surface area (Å²) in [5, 5.41) is 17.1. The van der Waals surface area contributed by atoms with Crippen molar-refractivity contribution in [1.29, 1.82) is 0 Å². The van der Waals surface area contributed by atoms with Crippen molar-refractivity contribution >= 4 is 23.5 Å². The summed E-state index contributed by atoms with van der Waals surface area (Å²) in [5.74, 6) is -0.130. The molecule has 6 heteroatoms. The fourth-order valence-electron chi connectivity index (χ4n) is 2.59. The van der Waals surface area contributed by atoms with E-state index in [4.69, 9.17) is 0 Å². The normalized spacial score (nSPS) is 10.7. The predicted octanol–water partition coefficient (Wildman–Crippen LogP) is 3.11. The van der Waals surface area contributed by atoms with Crippen molar-refractivity contribution in [2.45, 2.75) is 20.8 Å². The summed E-state index contributed by atoms with van der Waals surface area (Å²) in [6.45, 7) is 7.96. The highest BCUT2D eigenvalue weighted by atomic mass is 16.3. The van der Waals surface area contributed by atoms with Crippen LogP contribution in [0.2, 0.25) is 0 Å². The van der Waals surface area contributed by atoms with Crippen LogP contribution in [0.4, 0.5) is 11.4 Å². The summed E-state index contributed by atoms with van der Waals surface area (Å²) in [4.78, 5) is 14.0. The van der Waals surface area contributed by atoms with E-state index in [1.54, 1.807) is 12.1 Å². The number of aryl methyl sites for hydroxylation is 1. The van der Waals surface area contributed by atoms with Gasteiger partial charge in [0.05, 0.1) is 12.8 Å². The number of rotatable bonds is 8. The maximum absolute atomic E-state index is 11.9. The van der Waals surface area contributed by atoms with Gasteiger partial charge in [-0.3, -0.25) is 4.79 Å². The fourth-order valence-corrected chi connectivity index (χ4v) is 2.59. The van der Waals surface area contributed by atoms with E-state index in [2.05, 4.69) is 34.6 Å². The molecule has 2 aromatic carbocycles. The largest absolute Gasteiger partial charge is 0.507 e. The van der Waals surface area contributed by atoms with E-state index in [1.807, 2.05) is 37.3 Å². The molecule has 0 unspecified atom stereocenters. The van der Waals surface area contributed by atoms with Crippen molar-refractivity contribution in [1.82, 2.24) is 5.43 Å². The monoisotopic (exact) mass is 354 g/mol. The third-order valence-corrected chi connectivity index (χ3v) is 4.12. The number of nitrogens with zero attached hydrogens (tertiary/aromatic N) is 2. The minimum Gasteiger partial charge on any atom is -0.507 e. The van der Waals surface area contributed by atoms with E-state index in [9.17, 15) is 9.90 Å². The molecule has 0 spiro atoms. The molecule has 0 fully saturated rings. The Morgan fingerprint density at radius 2 is 1.92 bits per heavy atom. The number of para-hydroxylation sites is 1. The quantitative estimate of drug-likeness (QED) is 0.503. The minimum atomic E-state index is -0.260. The van der Waals surface area contributed by atoms with Crippen LogP contribution in [0, 0.1) is 6.92 Å². The molecule has 0 aliphatic heterocycles. The third-order valence-electron chi connectivity index (χ3n) is 4.12. The van der Waals surface area contributed by atoms with Crippen molar-refractivity contribution in [3.8, 4) is 5.75 Å². The van der Waals surface area contributed by atoms with Crippen LogP contribution in [0.15, 0.2) is 47.6 Å². The molecule has 138 valence electrons. The summed E-state index contributed by atoms with van der Waals surface area (Å²) in [5.41, 5.74) is 5.94. The average Bonchev–Trinajstić information content (AvgIpc) is 2.64. The van der Waals surface area contributed by atoms with Gasteiger partial charge in [0.2, 0.25) is 0 Å². The Bertz CT molecular complexity index is 770. The van der Waals surface area contributed by atoms with Gasteiger partial charge < -0.3 is 15.3 Å². The zero-order valence-corrected chi connectivity index (χ0v) is 15.5. The van der Waals surface area contributed by atoms with E-state index in [1.165, 1.54) is 6.21 Å². The predicted molar refractivity (Wildman–Crippen MR) is 107 cm³/mol. The summed E-state index contributed by atoms with van der Waals surface area (Å²) in [6, 6.07) is 13.2. The Hall–Kier alpha value is -3.02. The number of anilines is 2. The lowest BCUT2D eigenvalue weighted by Crippen LogP contribution is -2.26. The van der Waals surface area contributed by atoms with E-state index < -0.39 is 0 Å². The number of hydrogen-bond acceptors (Lipinski definition) is 5. The first-order chi connectivity index (χ1) is 12.5. The van der Waals surface area contributed by atoms with Gasteiger partial charge in [-0.15, -0.1) is 0 Å². The average molecular weight is 354 g/mol. The van der Waals surface area contributed by atoms with E-state index in [0.29, 0.717) is 5.56 Å². The molecule has 0 aliphatic carbocycles. The van der Waals surface area contributed by atoms with Crippen LogP contribution in [0.1, 0.15) is 25.0 Å².